The predicted octanol–water partition coefficient (Wildman–Crippen LogP) is 3.00. The number of aromatic nitrogens is 4. The van der Waals surface area contributed by atoms with Crippen molar-refractivity contribution in [2.75, 3.05) is 32.7 Å². The Morgan fingerprint density at radius 2 is 1.97 bits per heavy atom. The Bertz CT molecular complexity index is 1280. The van der Waals surface area contributed by atoms with Gasteiger partial charge in [-0.15, -0.1) is 0 Å². The molecule has 3 heterocycles. The van der Waals surface area contributed by atoms with Gasteiger partial charge in [-0.2, -0.15) is 5.10 Å². The van der Waals surface area contributed by atoms with E-state index in [1.165, 1.54) is 12.5 Å². The van der Waals surface area contributed by atoms with E-state index in [0.717, 1.165) is 33.9 Å². The Balaban J connectivity index is 1.43. The molecule has 0 saturated heterocycles. The molecule has 4 rings (SSSR count). The first-order chi connectivity index (χ1) is 16.7. The number of fused-ring (bicyclic) bond motifs is 1. The van der Waals surface area contributed by atoms with Crippen LogP contribution in [0.1, 0.15) is 11.1 Å². The zero-order chi connectivity index (χ0) is 23.8. The molecule has 10 nitrogen and oxygen atoms in total. The van der Waals surface area contributed by atoms with Crippen molar-refractivity contribution in [2.24, 2.45) is 5.10 Å². The highest BCUT2D eigenvalue weighted by molar-refractivity contribution is 6.37. The van der Waals surface area contributed by atoms with E-state index in [-0.39, 0.29) is 0 Å². The van der Waals surface area contributed by atoms with Crippen LogP contribution in [0.4, 0.5) is 5.82 Å². The monoisotopic (exact) mass is 458 g/mol. The number of hydrazone groups is 1. The Labute approximate surface area is 197 Å². The van der Waals surface area contributed by atoms with Crippen LogP contribution in [0.25, 0.3) is 17.0 Å². The maximum Gasteiger partial charge on any atom is 0.140 e. The van der Waals surface area contributed by atoms with Gasteiger partial charge in [0, 0.05) is 43.8 Å². The fourth-order valence-electron chi connectivity index (χ4n) is 3.33. The topological polar surface area (TPSA) is 122 Å². The lowest BCUT2D eigenvalue weighted by molar-refractivity contribution is 0.200. The third-order valence-corrected chi connectivity index (χ3v) is 5.13. The highest BCUT2D eigenvalue weighted by Gasteiger charge is 2.09. The molecule has 3 aromatic heterocycles. The maximum atomic E-state index is 7.61. The van der Waals surface area contributed by atoms with E-state index in [9.17, 15) is 0 Å². The minimum atomic E-state index is 0.552. The standard InChI is InChI=1S/C24H26N8O2/c1-33-10-8-30-31-21(13-25)18-5-3-17(4-6-18)14-26-23-12-20(28-16-29-23)22-15-27-24-11-19(34-2)7-9-32(22)24/h3-7,9,11-13,15-16,25,30H,8,10,14H2,1-2H3,(H,26,28,29)/b25-13?,31-21+. The normalized spacial score (nSPS) is 11.4. The molecule has 0 amide bonds. The number of pyridine rings is 1. The van der Waals surface area contributed by atoms with Gasteiger partial charge in [-0.25, -0.2) is 15.0 Å². The summed E-state index contributed by atoms with van der Waals surface area (Å²) < 4.78 is 12.2. The maximum absolute atomic E-state index is 7.61. The van der Waals surface area contributed by atoms with Gasteiger partial charge in [0.15, 0.2) is 0 Å². The highest BCUT2D eigenvalue weighted by atomic mass is 16.5. The third-order valence-electron chi connectivity index (χ3n) is 5.13. The van der Waals surface area contributed by atoms with Crippen LogP contribution >= 0.6 is 0 Å². The summed E-state index contributed by atoms with van der Waals surface area (Å²) in [5.41, 5.74) is 7.80. The number of rotatable bonds is 11. The second-order valence-corrected chi connectivity index (χ2v) is 7.32. The van der Waals surface area contributed by atoms with Crippen LogP contribution in [-0.2, 0) is 11.3 Å². The average Bonchev–Trinajstić information content (AvgIpc) is 3.31. The largest absolute Gasteiger partial charge is 0.497 e. The first-order valence-corrected chi connectivity index (χ1v) is 10.7. The third kappa shape index (κ3) is 5.36. The van der Waals surface area contributed by atoms with Crippen LogP contribution in [0, 0.1) is 5.41 Å². The zero-order valence-corrected chi connectivity index (χ0v) is 19.0. The van der Waals surface area contributed by atoms with Crippen LogP contribution in [-0.4, -0.2) is 58.7 Å². The van der Waals surface area contributed by atoms with Crippen LogP contribution in [0.5, 0.6) is 5.75 Å². The van der Waals surface area contributed by atoms with Gasteiger partial charge < -0.3 is 25.6 Å². The van der Waals surface area contributed by atoms with Crippen LogP contribution in [0.15, 0.2) is 66.3 Å². The first kappa shape index (κ1) is 22.9. The van der Waals surface area contributed by atoms with Crippen molar-refractivity contribution in [1.82, 2.24) is 24.8 Å². The van der Waals surface area contributed by atoms with E-state index in [1.807, 2.05) is 53.1 Å². The summed E-state index contributed by atoms with van der Waals surface area (Å²) in [6, 6.07) is 13.5. The number of ether oxygens (including phenoxy) is 2. The number of benzene rings is 1. The number of methoxy groups -OCH3 is 2. The molecule has 0 atom stereocenters. The van der Waals surface area contributed by atoms with Gasteiger partial charge in [-0.1, -0.05) is 24.3 Å². The van der Waals surface area contributed by atoms with Gasteiger partial charge >= 0.3 is 0 Å². The second-order valence-electron chi connectivity index (χ2n) is 7.32. The van der Waals surface area contributed by atoms with Gasteiger partial charge in [0.25, 0.3) is 0 Å². The van der Waals surface area contributed by atoms with Crippen LogP contribution in [0.3, 0.4) is 0 Å². The minimum Gasteiger partial charge on any atom is -0.497 e. The van der Waals surface area contributed by atoms with Crippen LogP contribution in [0.2, 0.25) is 0 Å². The van der Waals surface area contributed by atoms with Crippen molar-refractivity contribution in [3.63, 3.8) is 0 Å². The summed E-state index contributed by atoms with van der Waals surface area (Å²) in [4.78, 5) is 13.2. The van der Waals surface area contributed by atoms with E-state index in [0.29, 0.717) is 31.2 Å². The predicted molar refractivity (Wildman–Crippen MR) is 132 cm³/mol. The summed E-state index contributed by atoms with van der Waals surface area (Å²) >= 11 is 0. The van der Waals surface area contributed by atoms with Crippen molar-refractivity contribution in [2.45, 2.75) is 6.54 Å². The van der Waals surface area contributed by atoms with Crippen molar-refractivity contribution >= 4 is 23.4 Å². The Hall–Kier alpha value is -4.31. The molecule has 0 fully saturated rings. The molecule has 174 valence electrons. The number of nitrogens with one attached hydrogen (secondary N) is 3. The average molecular weight is 459 g/mol. The number of hydrogen-bond donors (Lipinski definition) is 3. The van der Waals surface area contributed by atoms with Gasteiger partial charge in [-0.05, 0) is 11.6 Å². The smallest absolute Gasteiger partial charge is 0.140 e. The first-order valence-electron chi connectivity index (χ1n) is 10.7. The van der Waals surface area contributed by atoms with Gasteiger partial charge in [-0.3, -0.25) is 4.40 Å². The number of nitrogens with zero attached hydrogens (tertiary/aromatic N) is 5. The van der Waals surface area contributed by atoms with Crippen molar-refractivity contribution in [3.8, 4) is 17.1 Å². The minimum absolute atomic E-state index is 0.552. The second kappa shape index (κ2) is 11.0. The summed E-state index contributed by atoms with van der Waals surface area (Å²) in [6.45, 7) is 1.72. The molecule has 34 heavy (non-hydrogen) atoms. The van der Waals surface area contributed by atoms with Crippen LogP contribution < -0.4 is 15.5 Å². The molecule has 4 aromatic rings. The molecule has 0 saturated carbocycles. The fourth-order valence-corrected chi connectivity index (χ4v) is 3.33. The van der Waals surface area contributed by atoms with E-state index in [1.54, 1.807) is 20.4 Å². The summed E-state index contributed by atoms with van der Waals surface area (Å²) in [5.74, 6) is 1.46. The molecule has 10 heteroatoms. The highest BCUT2D eigenvalue weighted by Crippen LogP contribution is 2.23. The van der Waals surface area contributed by atoms with E-state index >= 15 is 0 Å². The molecule has 0 aliphatic heterocycles. The molecule has 0 radical (unpaired) electrons. The molecule has 0 aliphatic rings. The Morgan fingerprint density at radius 1 is 1.12 bits per heavy atom. The van der Waals surface area contributed by atoms with Gasteiger partial charge in [0.05, 0.1) is 37.8 Å². The summed E-state index contributed by atoms with van der Waals surface area (Å²) in [6.07, 6.45) is 6.46. The molecule has 0 spiro atoms. The van der Waals surface area contributed by atoms with E-state index < -0.39 is 0 Å². The summed E-state index contributed by atoms with van der Waals surface area (Å²) in [5, 5.41) is 15.2. The van der Waals surface area contributed by atoms with Crippen molar-refractivity contribution in [1.29, 1.82) is 5.41 Å². The van der Waals surface area contributed by atoms with Crippen molar-refractivity contribution in [3.05, 3.63) is 72.3 Å². The van der Waals surface area contributed by atoms with Crippen molar-refractivity contribution < 1.29 is 9.47 Å². The fraction of sp³-hybridized carbons (Fsp3) is 0.208. The SMILES string of the molecule is COCCN/N=C(\C=N)c1ccc(CNc2cc(-c3cnc4cc(OC)ccn34)ncn2)cc1. The van der Waals surface area contributed by atoms with Gasteiger partial charge in [0.1, 0.15) is 29.3 Å². The molecule has 0 aliphatic carbocycles. The molecular formula is C24H26N8O2. The zero-order valence-electron chi connectivity index (χ0n) is 19.0. The molecule has 3 N–H and O–H groups in total. The molecule has 1 aromatic carbocycles. The number of anilines is 1. The molecule has 0 unspecified atom stereocenters. The lowest BCUT2D eigenvalue weighted by atomic mass is 10.1. The summed E-state index contributed by atoms with van der Waals surface area (Å²) in [7, 11) is 3.27. The number of imidazole rings is 1. The van der Waals surface area contributed by atoms with Gasteiger partial charge in [0.2, 0.25) is 0 Å². The van der Waals surface area contributed by atoms with E-state index in [2.05, 4.69) is 30.8 Å². The Morgan fingerprint density at radius 3 is 2.74 bits per heavy atom. The molecular weight excluding hydrogens is 432 g/mol. The Kier molecular flexibility index (Phi) is 7.41. The quantitative estimate of drug-likeness (QED) is 0.179. The number of hydrogen-bond acceptors (Lipinski definition) is 9. The lowest BCUT2D eigenvalue weighted by Crippen LogP contribution is -2.16. The molecule has 0 bridgehead atoms. The lowest BCUT2D eigenvalue weighted by Gasteiger charge is -2.09. The van der Waals surface area contributed by atoms with E-state index in [4.69, 9.17) is 14.9 Å².